The highest BCUT2D eigenvalue weighted by Gasteiger charge is 2.40. The van der Waals surface area contributed by atoms with Crippen molar-refractivity contribution in [1.82, 2.24) is 5.32 Å². The molecule has 0 aromatic carbocycles. The van der Waals surface area contributed by atoms with Crippen molar-refractivity contribution in [3.63, 3.8) is 0 Å². The molecule has 0 aromatic heterocycles. The van der Waals surface area contributed by atoms with E-state index in [2.05, 4.69) is 5.32 Å². The molecule has 0 spiro atoms. The predicted molar refractivity (Wildman–Crippen MR) is 61.7 cm³/mol. The lowest BCUT2D eigenvalue weighted by molar-refractivity contribution is -0.136. The maximum absolute atomic E-state index is 12.2. The summed E-state index contributed by atoms with van der Waals surface area (Å²) in [7, 11) is 1.79. The molecule has 2 rings (SSSR count). The molecule has 0 amide bonds. The standard InChI is InChI=1S/C13H22F3N/c1-17-12(4-5-13(14,15)16)8-11-7-9-2-3-10(11)6-9/h9-12,17H,2-8H2,1H3. The zero-order valence-corrected chi connectivity index (χ0v) is 10.4. The van der Waals surface area contributed by atoms with Crippen molar-refractivity contribution in [2.24, 2.45) is 17.8 Å². The molecule has 2 fully saturated rings. The van der Waals surface area contributed by atoms with E-state index in [4.69, 9.17) is 0 Å². The van der Waals surface area contributed by atoms with E-state index in [0.717, 1.165) is 18.3 Å². The van der Waals surface area contributed by atoms with Crippen molar-refractivity contribution in [2.45, 2.75) is 57.2 Å². The molecule has 2 aliphatic rings. The summed E-state index contributed by atoms with van der Waals surface area (Å²) >= 11 is 0. The van der Waals surface area contributed by atoms with Gasteiger partial charge in [0, 0.05) is 12.5 Å². The largest absolute Gasteiger partial charge is 0.389 e. The Hall–Kier alpha value is -0.250. The minimum Gasteiger partial charge on any atom is -0.317 e. The summed E-state index contributed by atoms with van der Waals surface area (Å²) in [4.78, 5) is 0. The Morgan fingerprint density at radius 2 is 2.00 bits per heavy atom. The Kier molecular flexibility index (Phi) is 4.01. The van der Waals surface area contributed by atoms with Gasteiger partial charge in [-0.2, -0.15) is 13.2 Å². The van der Waals surface area contributed by atoms with Crippen LogP contribution < -0.4 is 5.32 Å². The first-order valence-electron chi connectivity index (χ1n) is 6.72. The third-order valence-electron chi connectivity index (χ3n) is 4.66. The molecular weight excluding hydrogens is 227 g/mol. The molecule has 0 saturated heterocycles. The Balaban J connectivity index is 1.76. The first-order chi connectivity index (χ1) is 7.98. The normalized spacial score (nSPS) is 34.2. The van der Waals surface area contributed by atoms with Gasteiger partial charge in [0.05, 0.1) is 0 Å². The molecule has 1 nitrogen and oxygen atoms in total. The summed E-state index contributed by atoms with van der Waals surface area (Å²) in [5.41, 5.74) is 0. The molecule has 0 aliphatic heterocycles. The molecule has 4 atom stereocenters. The van der Waals surface area contributed by atoms with Gasteiger partial charge in [-0.25, -0.2) is 0 Å². The van der Waals surface area contributed by atoms with Gasteiger partial charge in [-0.15, -0.1) is 0 Å². The van der Waals surface area contributed by atoms with Crippen molar-refractivity contribution in [3.05, 3.63) is 0 Å². The first kappa shape index (κ1) is 13.2. The van der Waals surface area contributed by atoms with E-state index in [0.29, 0.717) is 5.92 Å². The van der Waals surface area contributed by atoms with Crippen LogP contribution in [-0.4, -0.2) is 19.3 Å². The van der Waals surface area contributed by atoms with E-state index in [1.54, 1.807) is 7.05 Å². The van der Waals surface area contributed by atoms with Crippen molar-refractivity contribution in [1.29, 1.82) is 0 Å². The van der Waals surface area contributed by atoms with Crippen LogP contribution >= 0.6 is 0 Å². The van der Waals surface area contributed by atoms with Crippen LogP contribution in [0.1, 0.15) is 44.9 Å². The lowest BCUT2D eigenvalue weighted by Crippen LogP contribution is -2.31. The second kappa shape index (κ2) is 5.17. The number of hydrogen-bond donors (Lipinski definition) is 1. The number of hydrogen-bond acceptors (Lipinski definition) is 1. The molecule has 2 aliphatic carbocycles. The van der Waals surface area contributed by atoms with E-state index in [9.17, 15) is 13.2 Å². The van der Waals surface area contributed by atoms with Crippen LogP contribution in [0.15, 0.2) is 0 Å². The number of halogens is 3. The van der Waals surface area contributed by atoms with E-state index in [1.165, 1.54) is 25.7 Å². The smallest absolute Gasteiger partial charge is 0.317 e. The van der Waals surface area contributed by atoms with Crippen LogP contribution in [0.2, 0.25) is 0 Å². The topological polar surface area (TPSA) is 12.0 Å². The average molecular weight is 249 g/mol. The van der Waals surface area contributed by atoms with Crippen molar-refractivity contribution >= 4 is 0 Å². The first-order valence-corrected chi connectivity index (χ1v) is 6.72. The van der Waals surface area contributed by atoms with Gasteiger partial charge in [0.15, 0.2) is 0 Å². The highest BCUT2D eigenvalue weighted by molar-refractivity contribution is 4.91. The summed E-state index contributed by atoms with van der Waals surface area (Å²) < 4.78 is 36.6. The lowest BCUT2D eigenvalue weighted by atomic mass is 9.83. The van der Waals surface area contributed by atoms with Crippen LogP contribution in [0.5, 0.6) is 0 Å². The molecule has 1 N–H and O–H groups in total. The van der Waals surface area contributed by atoms with Gasteiger partial charge >= 0.3 is 6.18 Å². The summed E-state index contributed by atoms with van der Waals surface area (Å²) in [6.07, 6.45) is 1.76. The fraction of sp³-hybridized carbons (Fsp3) is 1.00. The molecule has 2 saturated carbocycles. The Bertz CT molecular complexity index is 252. The number of rotatable bonds is 5. The molecule has 4 heteroatoms. The van der Waals surface area contributed by atoms with E-state index >= 15 is 0 Å². The van der Waals surface area contributed by atoms with Gasteiger partial charge in [-0.05, 0) is 56.9 Å². The SMILES string of the molecule is CNC(CCC(F)(F)F)CC1CC2CCC1C2. The molecule has 2 bridgehead atoms. The molecule has 0 heterocycles. The van der Waals surface area contributed by atoms with E-state index in [-0.39, 0.29) is 12.5 Å². The van der Waals surface area contributed by atoms with Crippen LogP contribution in [0, 0.1) is 17.8 Å². The maximum atomic E-state index is 12.2. The molecule has 17 heavy (non-hydrogen) atoms. The Labute approximate surface area is 101 Å². The summed E-state index contributed by atoms with van der Waals surface area (Å²) in [6.45, 7) is 0. The number of nitrogens with one attached hydrogen (secondary N) is 1. The molecule has 0 radical (unpaired) electrons. The van der Waals surface area contributed by atoms with Crippen LogP contribution in [0.25, 0.3) is 0 Å². The molecule has 100 valence electrons. The average Bonchev–Trinajstić information content (AvgIpc) is 2.84. The van der Waals surface area contributed by atoms with Crippen LogP contribution in [-0.2, 0) is 0 Å². The Morgan fingerprint density at radius 1 is 1.24 bits per heavy atom. The van der Waals surface area contributed by atoms with Gasteiger partial charge < -0.3 is 5.32 Å². The second-order valence-electron chi connectivity index (χ2n) is 5.81. The van der Waals surface area contributed by atoms with Gasteiger partial charge in [-0.1, -0.05) is 6.42 Å². The number of alkyl halides is 3. The van der Waals surface area contributed by atoms with E-state index < -0.39 is 12.6 Å². The highest BCUT2D eigenvalue weighted by Crippen LogP contribution is 2.50. The van der Waals surface area contributed by atoms with E-state index in [1.807, 2.05) is 0 Å². The van der Waals surface area contributed by atoms with Crippen LogP contribution in [0.3, 0.4) is 0 Å². The third-order valence-corrected chi connectivity index (χ3v) is 4.66. The molecular formula is C13H22F3N. The van der Waals surface area contributed by atoms with Crippen LogP contribution in [0.4, 0.5) is 13.2 Å². The maximum Gasteiger partial charge on any atom is 0.389 e. The lowest BCUT2D eigenvalue weighted by Gasteiger charge is -2.26. The monoisotopic (exact) mass is 249 g/mol. The van der Waals surface area contributed by atoms with Gasteiger partial charge in [0.25, 0.3) is 0 Å². The fourth-order valence-corrected chi connectivity index (χ4v) is 3.75. The quantitative estimate of drug-likeness (QED) is 0.782. The van der Waals surface area contributed by atoms with Gasteiger partial charge in [-0.3, -0.25) is 0 Å². The minimum absolute atomic E-state index is 0.0426. The Morgan fingerprint density at radius 3 is 2.47 bits per heavy atom. The number of fused-ring (bicyclic) bond motifs is 2. The minimum atomic E-state index is -4.01. The van der Waals surface area contributed by atoms with Crippen molar-refractivity contribution < 1.29 is 13.2 Å². The van der Waals surface area contributed by atoms with Crippen molar-refractivity contribution in [2.75, 3.05) is 7.05 Å². The molecule has 0 aromatic rings. The zero-order chi connectivity index (χ0) is 12.5. The van der Waals surface area contributed by atoms with Gasteiger partial charge in [0.2, 0.25) is 0 Å². The zero-order valence-electron chi connectivity index (χ0n) is 10.4. The highest BCUT2D eigenvalue weighted by atomic mass is 19.4. The second-order valence-corrected chi connectivity index (χ2v) is 5.81. The fourth-order valence-electron chi connectivity index (χ4n) is 3.75. The summed E-state index contributed by atoms with van der Waals surface area (Å²) in [6, 6.07) is 0.0426. The third kappa shape index (κ3) is 3.60. The summed E-state index contributed by atoms with van der Waals surface area (Å²) in [5.74, 6) is 2.37. The van der Waals surface area contributed by atoms with Crippen molar-refractivity contribution in [3.8, 4) is 0 Å². The predicted octanol–water partition coefficient (Wildman–Crippen LogP) is 3.74. The van der Waals surface area contributed by atoms with Gasteiger partial charge in [0.1, 0.15) is 0 Å². The molecule has 4 unspecified atom stereocenters. The summed E-state index contributed by atoms with van der Waals surface area (Å²) in [5, 5.41) is 3.06.